The normalized spacial score (nSPS) is 9.88. The van der Waals surface area contributed by atoms with Gasteiger partial charge in [-0.05, 0) is 62.9 Å². The zero-order chi connectivity index (χ0) is 18.6. The van der Waals surface area contributed by atoms with Crippen LogP contribution in [0.25, 0.3) is 0 Å². The fourth-order valence-electron chi connectivity index (χ4n) is 2.74. The van der Waals surface area contributed by atoms with Crippen molar-refractivity contribution in [1.82, 2.24) is 0 Å². The summed E-state index contributed by atoms with van der Waals surface area (Å²) in [5, 5.41) is 26.8. The van der Waals surface area contributed by atoms with E-state index in [4.69, 9.17) is 10.2 Å². The molecule has 2 aromatic rings. The molecule has 5 nitrogen and oxygen atoms in total. The Labute approximate surface area is 141 Å². The maximum atomic E-state index is 10.8. The van der Waals surface area contributed by atoms with Gasteiger partial charge in [-0.15, -0.1) is 0 Å². The van der Waals surface area contributed by atoms with Gasteiger partial charge >= 0.3 is 11.9 Å². The molecule has 128 valence electrons. The number of aromatic carboxylic acids is 2. The van der Waals surface area contributed by atoms with Crippen LogP contribution < -0.4 is 0 Å². The summed E-state index contributed by atoms with van der Waals surface area (Å²) in [6.45, 7) is 9.08. The predicted molar refractivity (Wildman–Crippen MR) is 92.2 cm³/mol. The Morgan fingerprint density at radius 3 is 1.33 bits per heavy atom. The van der Waals surface area contributed by atoms with Crippen molar-refractivity contribution < 1.29 is 24.9 Å². The van der Waals surface area contributed by atoms with Gasteiger partial charge in [0.1, 0.15) is 11.3 Å². The molecule has 0 radical (unpaired) electrons. The van der Waals surface area contributed by atoms with E-state index in [9.17, 15) is 14.7 Å². The largest absolute Gasteiger partial charge is 0.507 e. The lowest BCUT2D eigenvalue weighted by Crippen LogP contribution is -2.03. The van der Waals surface area contributed by atoms with Crippen LogP contribution in [0.5, 0.6) is 5.75 Å². The lowest BCUT2D eigenvalue weighted by molar-refractivity contribution is 0.0682. The van der Waals surface area contributed by atoms with E-state index < -0.39 is 11.9 Å². The molecule has 0 saturated heterocycles. The van der Waals surface area contributed by atoms with E-state index in [1.54, 1.807) is 19.9 Å². The van der Waals surface area contributed by atoms with Crippen molar-refractivity contribution in [3.8, 4) is 5.75 Å². The quantitative estimate of drug-likeness (QED) is 0.773. The highest BCUT2D eigenvalue weighted by Crippen LogP contribution is 2.22. The van der Waals surface area contributed by atoms with E-state index in [-0.39, 0.29) is 11.3 Å². The summed E-state index contributed by atoms with van der Waals surface area (Å²) in [6.07, 6.45) is 0. The molecule has 0 fully saturated rings. The highest BCUT2D eigenvalue weighted by Gasteiger charge is 2.12. The first-order valence-electron chi connectivity index (χ1n) is 7.39. The second-order valence-corrected chi connectivity index (χ2v) is 5.86. The van der Waals surface area contributed by atoms with Gasteiger partial charge in [-0.1, -0.05) is 23.8 Å². The third-order valence-electron chi connectivity index (χ3n) is 3.56. The van der Waals surface area contributed by atoms with Gasteiger partial charge < -0.3 is 15.3 Å². The molecule has 0 bridgehead atoms. The number of hydrogen-bond acceptors (Lipinski definition) is 3. The van der Waals surface area contributed by atoms with E-state index in [1.807, 2.05) is 32.9 Å². The molecule has 0 heterocycles. The second-order valence-electron chi connectivity index (χ2n) is 5.86. The SMILES string of the molecule is Cc1cc(C)c(C(=O)O)c(C)c1.Cc1cc(C)c(C(=O)O)c(O)c1. The summed E-state index contributed by atoms with van der Waals surface area (Å²) in [5.74, 6) is -2.10. The van der Waals surface area contributed by atoms with Gasteiger partial charge in [0.2, 0.25) is 0 Å². The van der Waals surface area contributed by atoms with Crippen molar-refractivity contribution in [2.45, 2.75) is 34.6 Å². The third kappa shape index (κ3) is 4.59. The third-order valence-corrected chi connectivity index (χ3v) is 3.56. The standard InChI is InChI=1S/C10H12O2.C9H10O3/c1-6-4-7(2)9(10(11)12)8(3)5-6;1-5-3-6(2)8(9(11)12)7(10)4-5/h4-5H,1-3H3,(H,11,12);3-4,10H,1-2H3,(H,11,12). The summed E-state index contributed by atoms with van der Waals surface area (Å²) < 4.78 is 0. The van der Waals surface area contributed by atoms with Gasteiger partial charge in [0.25, 0.3) is 0 Å². The van der Waals surface area contributed by atoms with Crippen molar-refractivity contribution >= 4 is 11.9 Å². The minimum absolute atomic E-state index is 0.0133. The smallest absolute Gasteiger partial charge is 0.339 e. The second kappa shape index (κ2) is 7.64. The van der Waals surface area contributed by atoms with Crippen molar-refractivity contribution in [2.75, 3.05) is 0 Å². The van der Waals surface area contributed by atoms with Crippen LogP contribution in [0.4, 0.5) is 0 Å². The molecule has 0 aliphatic carbocycles. The first-order chi connectivity index (χ1) is 11.0. The number of carboxylic acid groups (broad SMARTS) is 2. The lowest BCUT2D eigenvalue weighted by atomic mass is 10.0. The first-order valence-corrected chi connectivity index (χ1v) is 7.39. The molecular weight excluding hydrogens is 308 g/mol. The molecule has 0 aromatic heterocycles. The van der Waals surface area contributed by atoms with Crippen LogP contribution in [0, 0.1) is 34.6 Å². The Hall–Kier alpha value is -2.82. The Kier molecular flexibility index (Phi) is 6.12. The number of benzene rings is 2. The maximum absolute atomic E-state index is 10.8. The van der Waals surface area contributed by atoms with Gasteiger partial charge in [0, 0.05) is 0 Å². The molecule has 0 aliphatic heterocycles. The van der Waals surface area contributed by atoms with Crippen molar-refractivity contribution in [3.63, 3.8) is 0 Å². The first kappa shape index (κ1) is 19.2. The molecule has 24 heavy (non-hydrogen) atoms. The monoisotopic (exact) mass is 330 g/mol. The van der Waals surface area contributed by atoms with E-state index in [0.29, 0.717) is 11.1 Å². The van der Waals surface area contributed by atoms with Crippen LogP contribution in [-0.4, -0.2) is 27.3 Å². The molecule has 2 rings (SSSR count). The van der Waals surface area contributed by atoms with Gasteiger partial charge in [-0.3, -0.25) is 0 Å². The summed E-state index contributed by atoms with van der Waals surface area (Å²) in [4.78, 5) is 21.3. The van der Waals surface area contributed by atoms with E-state index >= 15 is 0 Å². The van der Waals surface area contributed by atoms with Crippen LogP contribution in [-0.2, 0) is 0 Å². The Morgan fingerprint density at radius 2 is 1.00 bits per heavy atom. The Morgan fingerprint density at radius 1 is 0.667 bits per heavy atom. The average Bonchev–Trinajstić information content (AvgIpc) is 2.35. The van der Waals surface area contributed by atoms with E-state index in [2.05, 4.69) is 0 Å². The number of carboxylic acids is 2. The number of carbonyl (C=O) groups is 2. The predicted octanol–water partition coefficient (Wildman–Crippen LogP) is 4.02. The van der Waals surface area contributed by atoms with Crippen LogP contribution in [0.15, 0.2) is 24.3 Å². The van der Waals surface area contributed by atoms with Gasteiger partial charge in [0.15, 0.2) is 0 Å². The number of aromatic hydroxyl groups is 1. The number of aryl methyl sites for hydroxylation is 5. The Balaban J connectivity index is 0.000000240. The molecule has 2 aromatic carbocycles. The van der Waals surface area contributed by atoms with Crippen LogP contribution in [0.1, 0.15) is 48.5 Å². The van der Waals surface area contributed by atoms with Crippen LogP contribution in [0.2, 0.25) is 0 Å². The van der Waals surface area contributed by atoms with Gasteiger partial charge in [0.05, 0.1) is 5.56 Å². The van der Waals surface area contributed by atoms with E-state index in [0.717, 1.165) is 22.3 Å². The highest BCUT2D eigenvalue weighted by molar-refractivity contribution is 5.92. The highest BCUT2D eigenvalue weighted by atomic mass is 16.4. The summed E-state index contributed by atoms with van der Waals surface area (Å²) >= 11 is 0. The summed E-state index contributed by atoms with van der Waals surface area (Å²) in [5.41, 5.74) is 4.63. The van der Waals surface area contributed by atoms with Crippen LogP contribution >= 0.6 is 0 Å². The average molecular weight is 330 g/mol. The molecule has 0 amide bonds. The molecule has 5 heteroatoms. The van der Waals surface area contributed by atoms with E-state index in [1.165, 1.54) is 6.07 Å². The Bertz CT molecular complexity index is 677. The molecule has 0 saturated carbocycles. The minimum Gasteiger partial charge on any atom is -0.507 e. The van der Waals surface area contributed by atoms with Gasteiger partial charge in [-0.25, -0.2) is 9.59 Å². The van der Waals surface area contributed by atoms with Crippen LogP contribution in [0.3, 0.4) is 0 Å². The fourth-order valence-corrected chi connectivity index (χ4v) is 2.74. The molecule has 0 spiro atoms. The fraction of sp³-hybridized carbons (Fsp3) is 0.263. The zero-order valence-corrected chi connectivity index (χ0v) is 14.5. The number of hydrogen-bond donors (Lipinski definition) is 3. The molecule has 3 N–H and O–H groups in total. The molecule has 0 aliphatic rings. The maximum Gasteiger partial charge on any atom is 0.339 e. The zero-order valence-electron chi connectivity index (χ0n) is 14.5. The number of rotatable bonds is 2. The minimum atomic E-state index is -1.09. The summed E-state index contributed by atoms with van der Waals surface area (Å²) in [6, 6.07) is 6.94. The summed E-state index contributed by atoms with van der Waals surface area (Å²) in [7, 11) is 0. The van der Waals surface area contributed by atoms with Crippen molar-refractivity contribution in [2.24, 2.45) is 0 Å². The van der Waals surface area contributed by atoms with Gasteiger partial charge in [-0.2, -0.15) is 0 Å². The lowest BCUT2D eigenvalue weighted by Gasteiger charge is -2.05. The molecular formula is C19H22O5. The van der Waals surface area contributed by atoms with Crippen molar-refractivity contribution in [1.29, 1.82) is 0 Å². The molecule has 0 unspecified atom stereocenters. The van der Waals surface area contributed by atoms with Crippen molar-refractivity contribution in [3.05, 3.63) is 63.2 Å². The topological polar surface area (TPSA) is 94.8 Å². The number of phenols is 1. The molecule has 0 atom stereocenters.